The van der Waals surface area contributed by atoms with E-state index in [-0.39, 0.29) is 35.2 Å². The second-order valence-corrected chi connectivity index (χ2v) is 6.36. The quantitative estimate of drug-likeness (QED) is 0.728. The molecule has 0 spiro atoms. The summed E-state index contributed by atoms with van der Waals surface area (Å²) in [5.41, 5.74) is 5.20. The zero-order chi connectivity index (χ0) is 14.1. The first kappa shape index (κ1) is 11.4. The molecule has 2 heteroatoms. The number of carbonyl (C=O) groups is 2. The third-order valence-electron chi connectivity index (χ3n) is 5.56. The molecule has 2 nitrogen and oxygen atoms in total. The lowest BCUT2D eigenvalue weighted by Crippen LogP contribution is -2.47. The second kappa shape index (κ2) is 3.70. The van der Waals surface area contributed by atoms with E-state index in [1.807, 2.05) is 12.1 Å². The van der Waals surface area contributed by atoms with Crippen LogP contribution in [0.1, 0.15) is 29.4 Å². The van der Waals surface area contributed by atoms with Gasteiger partial charge in [0.1, 0.15) is 0 Å². The Morgan fingerprint density at radius 2 is 1.43 bits per heavy atom. The number of rotatable bonds is 0. The largest absolute Gasteiger partial charge is 0.294 e. The van der Waals surface area contributed by atoms with Gasteiger partial charge >= 0.3 is 0 Å². The van der Waals surface area contributed by atoms with Gasteiger partial charge in [0.2, 0.25) is 0 Å². The number of hydrogen-bond donors (Lipinski definition) is 0. The minimum Gasteiger partial charge on any atom is -0.294 e. The van der Waals surface area contributed by atoms with Crippen LogP contribution in [0.3, 0.4) is 0 Å². The average Bonchev–Trinajstić information content (AvgIpc) is 3.00. The van der Waals surface area contributed by atoms with Crippen molar-refractivity contribution in [2.45, 2.75) is 18.3 Å². The maximum Gasteiger partial charge on any atom is 0.160 e. The lowest BCUT2D eigenvalue weighted by atomic mass is 9.52. The first-order valence-electron chi connectivity index (χ1n) is 7.51. The molecule has 1 aromatic rings. The molecule has 5 aliphatic carbocycles. The van der Waals surface area contributed by atoms with Gasteiger partial charge in [0.25, 0.3) is 0 Å². The zero-order valence-electron chi connectivity index (χ0n) is 11.5. The van der Waals surface area contributed by atoms with Crippen LogP contribution >= 0.6 is 0 Å². The monoisotopic (exact) mass is 274 g/mol. The number of allylic oxidation sites excluding steroid dienone is 6. The zero-order valence-corrected chi connectivity index (χ0v) is 11.5. The molecule has 4 atom stereocenters. The van der Waals surface area contributed by atoms with Crippen molar-refractivity contribution in [3.05, 3.63) is 70.8 Å². The Hall–Kier alpha value is -2.22. The Morgan fingerprint density at radius 1 is 0.810 bits per heavy atom. The molecule has 102 valence electrons. The molecule has 0 radical (unpaired) electrons. The van der Waals surface area contributed by atoms with E-state index in [1.54, 1.807) is 0 Å². The smallest absolute Gasteiger partial charge is 0.160 e. The van der Waals surface area contributed by atoms with Crippen LogP contribution in [0.5, 0.6) is 0 Å². The van der Waals surface area contributed by atoms with Crippen LogP contribution < -0.4 is 0 Å². The Balaban J connectivity index is 1.84. The van der Waals surface area contributed by atoms with E-state index in [4.69, 9.17) is 0 Å². The molecule has 6 rings (SSSR count). The highest BCUT2D eigenvalue weighted by molar-refractivity contribution is 6.09. The normalized spacial score (nSPS) is 35.0. The van der Waals surface area contributed by atoms with E-state index >= 15 is 0 Å². The Kier molecular flexibility index (Phi) is 2.02. The van der Waals surface area contributed by atoms with Crippen molar-refractivity contribution in [3.8, 4) is 0 Å². The first-order valence-corrected chi connectivity index (χ1v) is 7.51. The summed E-state index contributed by atoms with van der Waals surface area (Å²) < 4.78 is 0. The van der Waals surface area contributed by atoms with Crippen LogP contribution in [-0.2, 0) is 9.59 Å². The fourth-order valence-electron chi connectivity index (χ4n) is 4.86. The van der Waals surface area contributed by atoms with Crippen molar-refractivity contribution in [3.63, 3.8) is 0 Å². The van der Waals surface area contributed by atoms with Crippen LogP contribution in [-0.4, -0.2) is 11.6 Å². The summed E-state index contributed by atoms with van der Waals surface area (Å²) in [5.74, 6) is 0.0532. The van der Waals surface area contributed by atoms with Crippen LogP contribution in [0, 0.1) is 11.8 Å². The van der Waals surface area contributed by atoms with Crippen molar-refractivity contribution < 1.29 is 9.59 Å². The summed E-state index contributed by atoms with van der Waals surface area (Å²) in [6.45, 7) is 0. The third-order valence-corrected chi connectivity index (χ3v) is 5.56. The number of benzene rings is 1. The standard InChI is InChI=1S/C19H14O2/c20-14-8-9-15(21)19-17-11-5-2-1-4-10(11)16(18(14)19)12-6-3-7-13(12)17/h1-6,8-9,16-19H,7H2/t16?,17?,18-,19+/m1/s1. The van der Waals surface area contributed by atoms with Gasteiger partial charge in [-0.1, -0.05) is 42.0 Å². The molecule has 0 amide bonds. The van der Waals surface area contributed by atoms with E-state index in [2.05, 4.69) is 24.3 Å². The summed E-state index contributed by atoms with van der Waals surface area (Å²) in [6, 6.07) is 8.36. The highest BCUT2D eigenvalue weighted by Crippen LogP contribution is 2.61. The lowest BCUT2D eigenvalue weighted by Gasteiger charge is -2.49. The maximum atomic E-state index is 12.5. The maximum absolute atomic E-state index is 12.5. The van der Waals surface area contributed by atoms with Gasteiger partial charge in [0.15, 0.2) is 11.6 Å². The molecule has 0 saturated carbocycles. The molecule has 0 aliphatic heterocycles. The Morgan fingerprint density at radius 3 is 2.14 bits per heavy atom. The minimum absolute atomic E-state index is 0.0753. The predicted octanol–water partition coefficient (Wildman–Crippen LogP) is 3.08. The lowest BCUT2D eigenvalue weighted by molar-refractivity contribution is -0.131. The molecule has 0 fully saturated rings. The molecule has 5 aliphatic rings. The highest BCUT2D eigenvalue weighted by atomic mass is 16.1. The molecular weight excluding hydrogens is 260 g/mol. The van der Waals surface area contributed by atoms with Crippen molar-refractivity contribution in [1.29, 1.82) is 0 Å². The summed E-state index contributed by atoms with van der Waals surface area (Å²) in [4.78, 5) is 25.0. The van der Waals surface area contributed by atoms with E-state index in [0.29, 0.717) is 0 Å². The van der Waals surface area contributed by atoms with E-state index in [0.717, 1.165) is 6.42 Å². The molecule has 21 heavy (non-hydrogen) atoms. The van der Waals surface area contributed by atoms with Gasteiger partial charge in [-0.2, -0.15) is 0 Å². The van der Waals surface area contributed by atoms with Crippen molar-refractivity contribution >= 4 is 11.6 Å². The number of hydrogen-bond acceptors (Lipinski definition) is 2. The van der Waals surface area contributed by atoms with Crippen molar-refractivity contribution in [2.75, 3.05) is 0 Å². The van der Waals surface area contributed by atoms with Crippen LogP contribution in [0.2, 0.25) is 0 Å². The highest BCUT2D eigenvalue weighted by Gasteiger charge is 2.55. The molecule has 1 aromatic carbocycles. The molecule has 2 unspecified atom stereocenters. The fraction of sp³-hybridized carbons (Fsp3) is 0.263. The summed E-state index contributed by atoms with van der Waals surface area (Å²) in [7, 11) is 0. The van der Waals surface area contributed by atoms with E-state index in [1.165, 1.54) is 34.4 Å². The summed E-state index contributed by atoms with van der Waals surface area (Å²) in [6.07, 6.45) is 8.27. The summed E-state index contributed by atoms with van der Waals surface area (Å²) >= 11 is 0. The number of ketones is 2. The van der Waals surface area contributed by atoms with Gasteiger partial charge in [0, 0.05) is 23.7 Å². The third kappa shape index (κ3) is 1.24. The van der Waals surface area contributed by atoms with E-state index in [9.17, 15) is 9.59 Å². The Bertz CT molecular complexity index is 794. The van der Waals surface area contributed by atoms with Crippen molar-refractivity contribution in [1.82, 2.24) is 0 Å². The second-order valence-electron chi connectivity index (χ2n) is 6.36. The van der Waals surface area contributed by atoms with Gasteiger partial charge in [-0.15, -0.1) is 0 Å². The molecular formula is C19H14O2. The molecule has 0 aromatic heterocycles. The molecule has 0 saturated heterocycles. The Labute approximate surface area is 122 Å². The van der Waals surface area contributed by atoms with Gasteiger partial charge in [-0.25, -0.2) is 0 Å². The van der Waals surface area contributed by atoms with Gasteiger partial charge in [0.05, 0.1) is 0 Å². The SMILES string of the molecule is O=C1C=CC(=O)[C@H]2C3C4=C(C=CC4)C(c4ccccc43)[C@@H]12. The molecule has 2 bridgehead atoms. The molecule has 0 heterocycles. The number of carbonyl (C=O) groups excluding carboxylic acids is 2. The van der Waals surface area contributed by atoms with Gasteiger partial charge < -0.3 is 0 Å². The predicted molar refractivity (Wildman–Crippen MR) is 78.8 cm³/mol. The fourth-order valence-corrected chi connectivity index (χ4v) is 4.86. The molecule has 0 N–H and O–H groups in total. The van der Waals surface area contributed by atoms with Gasteiger partial charge in [-0.05, 0) is 35.3 Å². The van der Waals surface area contributed by atoms with Gasteiger partial charge in [-0.3, -0.25) is 9.59 Å². The topological polar surface area (TPSA) is 34.1 Å². The summed E-state index contributed by atoms with van der Waals surface area (Å²) in [5, 5.41) is 0. The minimum atomic E-state index is -0.191. The average molecular weight is 274 g/mol. The van der Waals surface area contributed by atoms with Crippen LogP contribution in [0.25, 0.3) is 0 Å². The van der Waals surface area contributed by atoms with Crippen LogP contribution in [0.15, 0.2) is 59.7 Å². The van der Waals surface area contributed by atoms with E-state index < -0.39 is 0 Å². The first-order chi connectivity index (χ1) is 10.3. The van der Waals surface area contributed by atoms with Crippen LogP contribution in [0.4, 0.5) is 0 Å². The van der Waals surface area contributed by atoms with Crippen molar-refractivity contribution in [2.24, 2.45) is 11.8 Å².